The predicted octanol–water partition coefficient (Wildman–Crippen LogP) is 2.15. The van der Waals surface area contributed by atoms with Gasteiger partial charge in [-0.1, -0.05) is 20.8 Å². The molecule has 5 heteroatoms. The monoisotopic (exact) mass is 312 g/mol. The second-order valence-corrected chi connectivity index (χ2v) is 7.64. The number of hydrogen-bond acceptors (Lipinski definition) is 3. The van der Waals surface area contributed by atoms with Crippen LogP contribution in [-0.2, 0) is 17.6 Å². The van der Waals surface area contributed by atoms with E-state index in [0.29, 0.717) is 23.6 Å². The van der Waals surface area contributed by atoms with Crippen LogP contribution in [0.15, 0.2) is 6.07 Å². The van der Waals surface area contributed by atoms with Gasteiger partial charge in [0.2, 0.25) is 0 Å². The molecule has 1 aliphatic carbocycles. The van der Waals surface area contributed by atoms with Crippen LogP contribution in [0.5, 0.6) is 0 Å². The van der Waals surface area contributed by atoms with Crippen LogP contribution >= 0.6 is 0 Å². The summed E-state index contributed by atoms with van der Waals surface area (Å²) in [6, 6.07) is 2.19. The van der Waals surface area contributed by atoms with Gasteiger partial charge in [0.05, 0.1) is 17.6 Å². The Bertz CT molecular complexity index is 758. The van der Waals surface area contributed by atoms with Crippen molar-refractivity contribution in [2.75, 3.05) is 6.61 Å². The maximum atomic E-state index is 12.1. The van der Waals surface area contributed by atoms with Crippen molar-refractivity contribution in [1.82, 2.24) is 9.97 Å². The zero-order chi connectivity index (χ0) is 16.8. The number of hydrogen-bond donors (Lipinski definition) is 1. The number of fused-ring (bicyclic) bond motifs is 2. The van der Waals surface area contributed by atoms with Crippen molar-refractivity contribution in [2.24, 2.45) is 11.3 Å². The van der Waals surface area contributed by atoms with Crippen molar-refractivity contribution in [2.45, 2.75) is 47.0 Å². The van der Waals surface area contributed by atoms with Gasteiger partial charge >= 0.3 is 5.97 Å². The van der Waals surface area contributed by atoms with E-state index in [1.54, 1.807) is 0 Å². The molecule has 4 nitrogen and oxygen atoms in total. The van der Waals surface area contributed by atoms with Gasteiger partial charge in [0, 0.05) is 5.69 Å². The minimum absolute atomic E-state index is 0.298. The van der Waals surface area contributed by atoms with Gasteiger partial charge in [-0.25, -0.2) is 4.79 Å². The number of aromatic amines is 1. The lowest BCUT2D eigenvalue weighted by Crippen LogP contribution is -2.27. The molecule has 1 aliphatic rings. The number of rotatable bonds is 2. The molecule has 3 rings (SSSR count). The first-order chi connectivity index (χ1) is 10.8. The van der Waals surface area contributed by atoms with Crippen LogP contribution < -0.4 is 5.46 Å². The second-order valence-electron chi connectivity index (χ2n) is 7.64. The molecule has 0 amide bonds. The minimum Gasteiger partial charge on any atom is -0.461 e. The van der Waals surface area contributed by atoms with E-state index in [0.717, 1.165) is 29.3 Å². The SMILES string of the molecule is Bc1c(C(=O)OCC)[nH]c2cc3c(nc12)CCC(C(C)(C)C)C3. The molecule has 0 saturated heterocycles. The fraction of sp³-hybridized carbons (Fsp3) is 0.556. The zero-order valence-electron chi connectivity index (χ0n) is 14.7. The highest BCUT2D eigenvalue weighted by molar-refractivity contribution is 6.41. The standard InChI is InChI=1S/C18H25BN2O2/c1-5-23-17(22)16-14(19)15-13(21-16)9-10-8-11(18(2,3)4)6-7-12(10)20-15/h9,11,21H,5-8,19H2,1-4H3. The van der Waals surface area contributed by atoms with Gasteiger partial charge < -0.3 is 9.72 Å². The highest BCUT2D eigenvalue weighted by atomic mass is 16.5. The van der Waals surface area contributed by atoms with Gasteiger partial charge in [-0.05, 0) is 54.6 Å². The molecule has 1 N–H and O–H groups in total. The van der Waals surface area contributed by atoms with Crippen molar-refractivity contribution in [1.29, 1.82) is 0 Å². The summed E-state index contributed by atoms with van der Waals surface area (Å²) in [5, 5.41) is 0. The van der Waals surface area contributed by atoms with Gasteiger partial charge in [0.1, 0.15) is 13.5 Å². The summed E-state index contributed by atoms with van der Waals surface area (Å²) in [6.07, 6.45) is 3.27. The Morgan fingerprint density at radius 3 is 2.87 bits per heavy atom. The highest BCUT2D eigenvalue weighted by Crippen LogP contribution is 2.37. The van der Waals surface area contributed by atoms with Crippen LogP contribution in [0.2, 0.25) is 0 Å². The fourth-order valence-electron chi connectivity index (χ4n) is 3.54. The number of carbonyl (C=O) groups excluding carboxylic acids is 1. The number of nitrogens with zero attached hydrogens (tertiary/aromatic N) is 1. The summed E-state index contributed by atoms with van der Waals surface area (Å²) in [4.78, 5) is 20.1. The van der Waals surface area contributed by atoms with E-state index in [4.69, 9.17) is 9.72 Å². The molecule has 0 radical (unpaired) electrons. The molecule has 1 unspecified atom stereocenters. The largest absolute Gasteiger partial charge is 0.461 e. The molecule has 2 heterocycles. The normalized spacial score (nSPS) is 18.0. The summed E-state index contributed by atoms with van der Waals surface area (Å²) in [6.45, 7) is 9.13. The van der Waals surface area contributed by atoms with Crippen molar-refractivity contribution in [3.63, 3.8) is 0 Å². The lowest BCUT2D eigenvalue weighted by molar-refractivity contribution is 0.0522. The first kappa shape index (κ1) is 16.1. The molecule has 1 atom stereocenters. The number of aryl methyl sites for hydroxylation is 1. The van der Waals surface area contributed by atoms with E-state index in [9.17, 15) is 4.79 Å². The summed E-state index contributed by atoms with van der Waals surface area (Å²) in [5.74, 6) is 0.378. The quantitative estimate of drug-likeness (QED) is 0.683. The molecule has 0 bridgehead atoms. The van der Waals surface area contributed by atoms with Crippen LogP contribution in [0, 0.1) is 11.3 Å². The Hall–Kier alpha value is -1.78. The van der Waals surface area contributed by atoms with Crippen LogP contribution in [-0.4, -0.2) is 30.4 Å². The number of carbonyl (C=O) groups is 1. The maximum absolute atomic E-state index is 12.1. The van der Waals surface area contributed by atoms with Crippen LogP contribution in [0.3, 0.4) is 0 Å². The smallest absolute Gasteiger partial charge is 0.354 e. The third kappa shape index (κ3) is 2.89. The summed E-state index contributed by atoms with van der Waals surface area (Å²) >= 11 is 0. The highest BCUT2D eigenvalue weighted by Gasteiger charge is 2.30. The van der Waals surface area contributed by atoms with Gasteiger partial charge in [-0.2, -0.15) is 0 Å². The van der Waals surface area contributed by atoms with Crippen molar-refractivity contribution in [3.05, 3.63) is 23.0 Å². The number of pyridine rings is 1. The maximum Gasteiger partial charge on any atom is 0.354 e. The van der Waals surface area contributed by atoms with E-state index in [2.05, 4.69) is 31.8 Å². The van der Waals surface area contributed by atoms with E-state index in [-0.39, 0.29) is 5.97 Å². The zero-order valence-corrected chi connectivity index (χ0v) is 14.7. The molecule has 2 aromatic rings. The molecule has 23 heavy (non-hydrogen) atoms. The Balaban J connectivity index is 2.02. The molecule has 0 fully saturated rings. The molecular formula is C18H25BN2O2. The minimum atomic E-state index is -0.298. The molecule has 0 aliphatic heterocycles. The van der Waals surface area contributed by atoms with Gasteiger partial charge in [-0.15, -0.1) is 0 Å². The number of aromatic nitrogens is 2. The number of nitrogens with one attached hydrogen (secondary N) is 1. The first-order valence-electron chi connectivity index (χ1n) is 8.49. The Morgan fingerprint density at radius 2 is 2.22 bits per heavy atom. The third-order valence-electron chi connectivity index (χ3n) is 5.08. The Morgan fingerprint density at radius 1 is 1.48 bits per heavy atom. The van der Waals surface area contributed by atoms with Gasteiger partial charge in [0.15, 0.2) is 0 Å². The van der Waals surface area contributed by atoms with E-state index < -0.39 is 0 Å². The summed E-state index contributed by atoms with van der Waals surface area (Å²) < 4.78 is 5.13. The molecule has 0 spiro atoms. The fourth-order valence-corrected chi connectivity index (χ4v) is 3.54. The number of esters is 1. The second kappa shape index (κ2) is 5.70. The van der Waals surface area contributed by atoms with E-state index in [1.165, 1.54) is 17.7 Å². The van der Waals surface area contributed by atoms with Gasteiger partial charge in [-0.3, -0.25) is 4.98 Å². The lowest BCUT2D eigenvalue weighted by Gasteiger charge is -2.34. The number of ether oxygens (including phenoxy) is 1. The first-order valence-corrected chi connectivity index (χ1v) is 8.49. The molecule has 0 aromatic carbocycles. The van der Waals surface area contributed by atoms with E-state index >= 15 is 0 Å². The van der Waals surface area contributed by atoms with Gasteiger partial charge in [0.25, 0.3) is 0 Å². The van der Waals surface area contributed by atoms with Crippen molar-refractivity contribution < 1.29 is 9.53 Å². The summed E-state index contributed by atoms with van der Waals surface area (Å²) in [5.41, 5.74) is 6.09. The van der Waals surface area contributed by atoms with Crippen molar-refractivity contribution >= 4 is 30.3 Å². The summed E-state index contributed by atoms with van der Waals surface area (Å²) in [7, 11) is 1.94. The lowest BCUT2D eigenvalue weighted by atomic mass is 9.71. The van der Waals surface area contributed by atoms with Crippen LogP contribution in [0.4, 0.5) is 0 Å². The molecule has 0 saturated carbocycles. The molecule has 2 aromatic heterocycles. The van der Waals surface area contributed by atoms with E-state index in [1.807, 2.05) is 14.8 Å². The van der Waals surface area contributed by atoms with Crippen molar-refractivity contribution in [3.8, 4) is 0 Å². The van der Waals surface area contributed by atoms with Crippen LogP contribution in [0.1, 0.15) is 55.9 Å². The average molecular weight is 312 g/mol. The third-order valence-corrected chi connectivity index (χ3v) is 5.08. The Labute approximate surface area is 138 Å². The predicted molar refractivity (Wildman–Crippen MR) is 95.2 cm³/mol. The average Bonchev–Trinajstić information content (AvgIpc) is 2.80. The molecule has 122 valence electrons. The molecular weight excluding hydrogens is 287 g/mol. The number of H-pyrrole nitrogens is 1. The Kier molecular flexibility index (Phi) is 3.99. The topological polar surface area (TPSA) is 55.0 Å². The van der Waals surface area contributed by atoms with Crippen LogP contribution in [0.25, 0.3) is 11.0 Å².